The number of ether oxygens (including phenoxy) is 3. The Hall–Kier alpha value is -0.970. The zero-order chi connectivity index (χ0) is 10.4. The summed E-state index contributed by atoms with van der Waals surface area (Å²) in [5.74, 6) is 0. The normalized spacial score (nSPS) is 20.1. The molecule has 1 rings (SSSR count). The number of hydrogen-bond donors (Lipinski definition) is 0. The topological polar surface area (TPSA) is 61.8 Å². The minimum atomic E-state index is -0.791. The number of unbranched alkanes of at least 4 members (excludes halogenated alkanes) is 1. The van der Waals surface area contributed by atoms with E-state index in [1.807, 2.05) is 0 Å². The second-order valence-electron chi connectivity index (χ2n) is 2.88. The highest BCUT2D eigenvalue weighted by atomic mass is 35.5. The highest BCUT2D eigenvalue weighted by Crippen LogP contribution is 2.12. The summed E-state index contributed by atoms with van der Waals surface area (Å²) in [6.07, 6.45) is 1.44. The first-order valence-electron chi connectivity index (χ1n) is 4.34. The Morgan fingerprint density at radius 3 is 2.93 bits per heavy atom. The fourth-order valence-corrected chi connectivity index (χ4v) is 1.21. The third-order valence-electron chi connectivity index (χ3n) is 1.79. The lowest BCUT2D eigenvalue weighted by molar-refractivity contribution is 0.114. The summed E-state index contributed by atoms with van der Waals surface area (Å²) in [6, 6.07) is 0. The molecule has 0 N–H and O–H groups in total. The van der Waals surface area contributed by atoms with Gasteiger partial charge < -0.3 is 14.2 Å². The van der Waals surface area contributed by atoms with Crippen molar-refractivity contribution in [1.82, 2.24) is 0 Å². The molecule has 0 saturated carbocycles. The van der Waals surface area contributed by atoms with Crippen LogP contribution in [0.4, 0.5) is 9.59 Å². The van der Waals surface area contributed by atoms with Crippen LogP contribution in [0.5, 0.6) is 0 Å². The van der Waals surface area contributed by atoms with Gasteiger partial charge in [-0.05, 0) is 19.3 Å². The first kappa shape index (κ1) is 11.1. The van der Waals surface area contributed by atoms with Crippen molar-refractivity contribution in [2.45, 2.75) is 25.4 Å². The molecule has 0 amide bonds. The number of hydrogen-bond acceptors (Lipinski definition) is 5. The van der Waals surface area contributed by atoms with Crippen LogP contribution in [0, 0.1) is 0 Å². The van der Waals surface area contributed by atoms with Crippen molar-refractivity contribution in [2.75, 3.05) is 13.2 Å². The van der Waals surface area contributed by atoms with E-state index in [1.165, 1.54) is 0 Å². The Labute approximate surface area is 86.3 Å². The highest BCUT2D eigenvalue weighted by Gasteiger charge is 2.23. The van der Waals surface area contributed by atoms with Crippen LogP contribution in [-0.4, -0.2) is 30.9 Å². The van der Waals surface area contributed by atoms with Crippen LogP contribution < -0.4 is 0 Å². The quantitative estimate of drug-likeness (QED) is 0.405. The Bertz CT molecular complexity index is 218. The third-order valence-corrected chi connectivity index (χ3v) is 1.90. The van der Waals surface area contributed by atoms with Crippen molar-refractivity contribution in [3.63, 3.8) is 0 Å². The van der Waals surface area contributed by atoms with Gasteiger partial charge in [-0.2, -0.15) is 0 Å². The number of carbonyl (C=O) groups excluding carboxylic acids is 2. The lowest BCUT2D eigenvalue weighted by Gasteiger charge is -2.05. The molecule has 5 nitrogen and oxygen atoms in total. The molecular formula is C8H11ClO5. The van der Waals surface area contributed by atoms with Crippen molar-refractivity contribution in [1.29, 1.82) is 0 Å². The molecule has 1 saturated heterocycles. The van der Waals surface area contributed by atoms with Crippen molar-refractivity contribution >= 4 is 23.2 Å². The summed E-state index contributed by atoms with van der Waals surface area (Å²) >= 11 is 4.95. The van der Waals surface area contributed by atoms with E-state index < -0.39 is 11.6 Å². The van der Waals surface area contributed by atoms with Crippen molar-refractivity contribution < 1.29 is 23.8 Å². The average Bonchev–Trinajstić information content (AvgIpc) is 2.50. The first-order valence-corrected chi connectivity index (χ1v) is 4.72. The summed E-state index contributed by atoms with van der Waals surface area (Å²) in [7, 11) is 0. The molecule has 14 heavy (non-hydrogen) atoms. The molecule has 1 fully saturated rings. The van der Waals surface area contributed by atoms with E-state index in [4.69, 9.17) is 16.3 Å². The second kappa shape index (κ2) is 5.70. The minimum Gasteiger partial charge on any atom is -0.454 e. The lowest BCUT2D eigenvalue weighted by Crippen LogP contribution is -2.09. The molecule has 0 aromatic carbocycles. The van der Waals surface area contributed by atoms with Gasteiger partial charge in [-0.3, -0.25) is 0 Å². The number of carbonyl (C=O) groups is 2. The molecule has 0 aromatic heterocycles. The summed E-state index contributed by atoms with van der Waals surface area (Å²) < 4.78 is 13.9. The summed E-state index contributed by atoms with van der Waals surface area (Å²) in [4.78, 5) is 20.7. The molecule has 1 unspecified atom stereocenters. The second-order valence-corrected chi connectivity index (χ2v) is 3.19. The van der Waals surface area contributed by atoms with Crippen LogP contribution >= 0.6 is 11.6 Å². The zero-order valence-corrected chi connectivity index (χ0v) is 8.29. The van der Waals surface area contributed by atoms with Crippen LogP contribution in [0.25, 0.3) is 0 Å². The van der Waals surface area contributed by atoms with E-state index in [-0.39, 0.29) is 6.10 Å². The van der Waals surface area contributed by atoms with Gasteiger partial charge >= 0.3 is 11.6 Å². The van der Waals surface area contributed by atoms with E-state index in [9.17, 15) is 9.59 Å². The van der Waals surface area contributed by atoms with Crippen molar-refractivity contribution in [3.05, 3.63) is 0 Å². The predicted molar refractivity (Wildman–Crippen MR) is 47.3 cm³/mol. The van der Waals surface area contributed by atoms with Gasteiger partial charge in [0.25, 0.3) is 0 Å². The van der Waals surface area contributed by atoms with Gasteiger partial charge in [-0.1, -0.05) is 0 Å². The number of cyclic esters (lactones) is 2. The van der Waals surface area contributed by atoms with Gasteiger partial charge in [0.2, 0.25) is 0 Å². The molecule has 1 heterocycles. The van der Waals surface area contributed by atoms with Crippen LogP contribution in [0.2, 0.25) is 0 Å². The van der Waals surface area contributed by atoms with E-state index in [0.717, 1.165) is 6.42 Å². The largest absolute Gasteiger partial charge is 0.508 e. The van der Waals surface area contributed by atoms with Crippen LogP contribution in [-0.2, 0) is 14.2 Å². The average molecular weight is 223 g/mol. The lowest BCUT2D eigenvalue weighted by atomic mass is 10.2. The van der Waals surface area contributed by atoms with Crippen LogP contribution in [0.15, 0.2) is 0 Å². The Kier molecular flexibility index (Phi) is 4.52. The van der Waals surface area contributed by atoms with Crippen LogP contribution in [0.3, 0.4) is 0 Å². The van der Waals surface area contributed by atoms with Gasteiger partial charge in [0, 0.05) is 11.6 Å². The maximum Gasteiger partial charge on any atom is 0.508 e. The van der Waals surface area contributed by atoms with Gasteiger partial charge in [-0.25, -0.2) is 9.59 Å². The van der Waals surface area contributed by atoms with E-state index in [0.29, 0.717) is 26.1 Å². The fraction of sp³-hybridized carbons (Fsp3) is 0.750. The molecule has 1 atom stereocenters. The van der Waals surface area contributed by atoms with Crippen molar-refractivity contribution in [2.24, 2.45) is 0 Å². The first-order chi connectivity index (χ1) is 6.68. The van der Waals surface area contributed by atoms with E-state index in [1.54, 1.807) is 0 Å². The molecule has 1 aliphatic heterocycles. The highest BCUT2D eigenvalue weighted by molar-refractivity contribution is 6.61. The molecule has 0 spiro atoms. The standard InChI is InChI=1S/C8H11ClO5/c9-7(10)12-4-2-1-3-6-5-13-8(11)14-6/h6H,1-5H2. The Balaban J connectivity index is 1.94. The predicted octanol–water partition coefficient (Wildman–Crippen LogP) is 2.07. The molecular weight excluding hydrogens is 212 g/mol. The summed E-state index contributed by atoms with van der Waals surface area (Å²) in [5, 5.41) is 0. The fourth-order valence-electron chi connectivity index (χ4n) is 1.13. The number of halogens is 1. The Morgan fingerprint density at radius 2 is 2.36 bits per heavy atom. The van der Waals surface area contributed by atoms with Gasteiger partial charge in [-0.15, -0.1) is 0 Å². The van der Waals surface area contributed by atoms with Gasteiger partial charge in [0.15, 0.2) is 0 Å². The molecule has 0 aromatic rings. The molecule has 0 bridgehead atoms. The molecule has 0 aliphatic carbocycles. The SMILES string of the molecule is O=C(Cl)OCCCCC1COC(=O)O1. The smallest absolute Gasteiger partial charge is 0.454 e. The van der Waals surface area contributed by atoms with Gasteiger partial charge in [0.1, 0.15) is 12.7 Å². The third kappa shape index (κ3) is 4.32. The van der Waals surface area contributed by atoms with Crippen LogP contribution in [0.1, 0.15) is 19.3 Å². The maximum absolute atomic E-state index is 10.5. The van der Waals surface area contributed by atoms with Gasteiger partial charge in [0.05, 0.1) is 6.61 Å². The monoisotopic (exact) mass is 222 g/mol. The summed E-state index contributed by atoms with van der Waals surface area (Å²) in [6.45, 7) is 0.609. The zero-order valence-electron chi connectivity index (χ0n) is 7.53. The minimum absolute atomic E-state index is 0.158. The summed E-state index contributed by atoms with van der Waals surface area (Å²) in [5.41, 5.74) is -0.791. The molecule has 80 valence electrons. The molecule has 0 radical (unpaired) electrons. The maximum atomic E-state index is 10.5. The molecule has 6 heteroatoms. The van der Waals surface area contributed by atoms with E-state index in [2.05, 4.69) is 9.47 Å². The van der Waals surface area contributed by atoms with Crippen molar-refractivity contribution in [3.8, 4) is 0 Å². The number of rotatable bonds is 5. The molecule has 1 aliphatic rings. The Morgan fingerprint density at radius 1 is 1.57 bits per heavy atom. The van der Waals surface area contributed by atoms with E-state index >= 15 is 0 Å².